The molecule has 0 unspecified atom stereocenters. The lowest BCUT2D eigenvalue weighted by Crippen LogP contribution is -2.53. The van der Waals surface area contributed by atoms with Gasteiger partial charge in [-0.3, -0.25) is 0 Å². The van der Waals surface area contributed by atoms with E-state index in [9.17, 15) is 13.9 Å². The van der Waals surface area contributed by atoms with Crippen LogP contribution in [0.2, 0.25) is 0 Å². The summed E-state index contributed by atoms with van der Waals surface area (Å²) in [5.74, 6) is -1.54. The van der Waals surface area contributed by atoms with Gasteiger partial charge in [0, 0.05) is 12.0 Å². The van der Waals surface area contributed by atoms with Crippen LogP contribution in [0.5, 0.6) is 0 Å². The molecule has 0 spiro atoms. The average Bonchev–Trinajstić information content (AvgIpc) is 2.40. The molecule has 2 aliphatic rings. The maximum Gasteiger partial charge on any atom is 0.159 e. The SMILES string of the molecule is O[C@]12CCCC[C@@H]1[C@@H](c1ccc(F)c(F)c1)NCC2. The van der Waals surface area contributed by atoms with Gasteiger partial charge in [0.2, 0.25) is 0 Å². The Kier molecular flexibility index (Phi) is 3.31. The van der Waals surface area contributed by atoms with Crippen LogP contribution in [-0.2, 0) is 0 Å². The number of hydrogen-bond acceptors (Lipinski definition) is 2. The van der Waals surface area contributed by atoms with Gasteiger partial charge in [-0.25, -0.2) is 8.78 Å². The Morgan fingerprint density at radius 2 is 2.00 bits per heavy atom. The van der Waals surface area contributed by atoms with Crippen LogP contribution in [-0.4, -0.2) is 17.3 Å². The lowest BCUT2D eigenvalue weighted by molar-refractivity contribution is -0.0861. The van der Waals surface area contributed by atoms with E-state index in [0.717, 1.165) is 44.2 Å². The molecular formula is C15H19F2NO. The molecule has 3 atom stereocenters. The smallest absolute Gasteiger partial charge is 0.159 e. The van der Waals surface area contributed by atoms with Crippen molar-refractivity contribution >= 4 is 0 Å². The van der Waals surface area contributed by atoms with Gasteiger partial charge in [-0.15, -0.1) is 0 Å². The van der Waals surface area contributed by atoms with Crippen LogP contribution in [0.3, 0.4) is 0 Å². The molecule has 2 fully saturated rings. The first-order chi connectivity index (χ1) is 9.10. The van der Waals surface area contributed by atoms with Crippen LogP contribution in [0.1, 0.15) is 43.7 Å². The Bertz CT molecular complexity index is 475. The van der Waals surface area contributed by atoms with Crippen molar-refractivity contribution in [3.63, 3.8) is 0 Å². The van der Waals surface area contributed by atoms with Gasteiger partial charge in [-0.2, -0.15) is 0 Å². The van der Waals surface area contributed by atoms with Crippen molar-refractivity contribution in [3.05, 3.63) is 35.4 Å². The highest BCUT2D eigenvalue weighted by Crippen LogP contribution is 2.45. The molecule has 1 aromatic carbocycles. The highest BCUT2D eigenvalue weighted by Gasteiger charge is 2.45. The largest absolute Gasteiger partial charge is 0.389 e. The van der Waals surface area contributed by atoms with E-state index >= 15 is 0 Å². The molecule has 2 nitrogen and oxygen atoms in total. The third kappa shape index (κ3) is 2.28. The summed E-state index contributed by atoms with van der Waals surface area (Å²) in [4.78, 5) is 0. The molecule has 2 N–H and O–H groups in total. The Labute approximate surface area is 111 Å². The molecule has 0 aromatic heterocycles. The maximum absolute atomic E-state index is 13.4. The number of fused-ring (bicyclic) bond motifs is 1. The van der Waals surface area contributed by atoms with Crippen LogP contribution in [0.15, 0.2) is 18.2 Å². The minimum Gasteiger partial charge on any atom is -0.389 e. The lowest BCUT2D eigenvalue weighted by Gasteiger charge is -2.48. The number of hydrogen-bond donors (Lipinski definition) is 2. The normalized spacial score (nSPS) is 34.9. The number of halogens is 2. The fraction of sp³-hybridized carbons (Fsp3) is 0.600. The molecular weight excluding hydrogens is 248 g/mol. The maximum atomic E-state index is 13.4. The van der Waals surface area contributed by atoms with Crippen LogP contribution >= 0.6 is 0 Å². The summed E-state index contributed by atoms with van der Waals surface area (Å²) in [5, 5.41) is 14.1. The molecule has 4 heteroatoms. The average molecular weight is 267 g/mol. The molecule has 1 saturated carbocycles. The van der Waals surface area contributed by atoms with Crippen LogP contribution < -0.4 is 5.32 Å². The van der Waals surface area contributed by atoms with Crippen molar-refractivity contribution in [3.8, 4) is 0 Å². The van der Waals surface area contributed by atoms with E-state index < -0.39 is 17.2 Å². The molecule has 0 amide bonds. The van der Waals surface area contributed by atoms with Gasteiger partial charge in [0.25, 0.3) is 0 Å². The Balaban J connectivity index is 1.92. The van der Waals surface area contributed by atoms with Crippen molar-refractivity contribution in [1.82, 2.24) is 5.32 Å². The topological polar surface area (TPSA) is 32.3 Å². The Morgan fingerprint density at radius 3 is 2.79 bits per heavy atom. The number of aliphatic hydroxyl groups is 1. The summed E-state index contributed by atoms with van der Waals surface area (Å²) in [7, 11) is 0. The molecule has 104 valence electrons. The fourth-order valence-electron chi connectivity index (χ4n) is 3.68. The number of nitrogens with one attached hydrogen (secondary N) is 1. The van der Waals surface area contributed by atoms with Crippen molar-refractivity contribution in [2.75, 3.05) is 6.54 Å². The van der Waals surface area contributed by atoms with Crippen LogP contribution in [0, 0.1) is 17.6 Å². The van der Waals surface area contributed by atoms with Gasteiger partial charge in [0.05, 0.1) is 5.60 Å². The van der Waals surface area contributed by atoms with Crippen molar-refractivity contribution in [2.24, 2.45) is 5.92 Å². The van der Waals surface area contributed by atoms with E-state index in [1.165, 1.54) is 12.1 Å². The second-order valence-electron chi connectivity index (χ2n) is 5.81. The summed E-state index contributed by atoms with van der Waals surface area (Å²) in [6, 6.07) is 3.97. The van der Waals surface area contributed by atoms with Crippen molar-refractivity contribution in [1.29, 1.82) is 0 Å². The molecule has 1 heterocycles. The van der Waals surface area contributed by atoms with Gasteiger partial charge in [-0.1, -0.05) is 18.9 Å². The summed E-state index contributed by atoms with van der Waals surface area (Å²) in [5.41, 5.74) is 0.0999. The first kappa shape index (κ1) is 13.0. The quantitative estimate of drug-likeness (QED) is 0.820. The molecule has 19 heavy (non-hydrogen) atoms. The van der Waals surface area contributed by atoms with E-state index in [4.69, 9.17) is 0 Å². The Hall–Kier alpha value is -1.00. The molecule has 1 saturated heterocycles. The Morgan fingerprint density at radius 1 is 1.16 bits per heavy atom. The van der Waals surface area contributed by atoms with E-state index in [0.29, 0.717) is 0 Å². The van der Waals surface area contributed by atoms with Gasteiger partial charge >= 0.3 is 0 Å². The molecule has 1 aromatic rings. The summed E-state index contributed by atoms with van der Waals surface area (Å²) >= 11 is 0. The summed E-state index contributed by atoms with van der Waals surface area (Å²) in [6.45, 7) is 0.719. The second kappa shape index (κ2) is 4.84. The molecule has 1 aliphatic carbocycles. The van der Waals surface area contributed by atoms with E-state index in [1.807, 2.05) is 0 Å². The van der Waals surface area contributed by atoms with Crippen LogP contribution in [0.25, 0.3) is 0 Å². The van der Waals surface area contributed by atoms with E-state index in [1.54, 1.807) is 6.07 Å². The zero-order chi connectivity index (χ0) is 13.5. The third-order valence-corrected chi connectivity index (χ3v) is 4.69. The third-order valence-electron chi connectivity index (χ3n) is 4.69. The van der Waals surface area contributed by atoms with Gasteiger partial charge in [0.1, 0.15) is 0 Å². The zero-order valence-electron chi connectivity index (χ0n) is 10.8. The van der Waals surface area contributed by atoms with Crippen LogP contribution in [0.4, 0.5) is 8.78 Å². The van der Waals surface area contributed by atoms with E-state index in [-0.39, 0.29) is 12.0 Å². The molecule has 3 rings (SSSR count). The highest BCUT2D eigenvalue weighted by molar-refractivity contribution is 5.24. The zero-order valence-corrected chi connectivity index (χ0v) is 10.8. The highest BCUT2D eigenvalue weighted by atomic mass is 19.2. The first-order valence-corrected chi connectivity index (χ1v) is 7.01. The first-order valence-electron chi connectivity index (χ1n) is 7.01. The number of piperidine rings is 1. The molecule has 0 bridgehead atoms. The van der Waals surface area contributed by atoms with Crippen molar-refractivity contribution < 1.29 is 13.9 Å². The number of rotatable bonds is 1. The second-order valence-corrected chi connectivity index (χ2v) is 5.81. The summed E-state index contributed by atoms with van der Waals surface area (Å²) in [6.07, 6.45) is 4.65. The monoisotopic (exact) mass is 267 g/mol. The molecule has 0 radical (unpaired) electrons. The van der Waals surface area contributed by atoms with E-state index in [2.05, 4.69) is 5.32 Å². The van der Waals surface area contributed by atoms with Crippen molar-refractivity contribution in [2.45, 2.75) is 43.7 Å². The van der Waals surface area contributed by atoms with Gasteiger partial charge in [-0.05, 0) is 43.5 Å². The fourth-order valence-corrected chi connectivity index (χ4v) is 3.68. The predicted molar refractivity (Wildman–Crippen MR) is 68.6 cm³/mol. The standard InChI is InChI=1S/C15H19F2NO/c16-12-5-4-10(9-13(12)17)14-11-3-1-2-6-15(11,19)7-8-18-14/h4-5,9,11,14,18-19H,1-3,6-8H2/t11-,14-,15+/m1/s1. The molecule has 1 aliphatic heterocycles. The van der Waals surface area contributed by atoms with Gasteiger partial charge < -0.3 is 10.4 Å². The number of benzene rings is 1. The summed E-state index contributed by atoms with van der Waals surface area (Å²) < 4.78 is 26.4. The van der Waals surface area contributed by atoms with Gasteiger partial charge in [0.15, 0.2) is 11.6 Å². The predicted octanol–water partition coefficient (Wildman–Crippen LogP) is 2.92. The minimum absolute atomic E-state index is 0.0749. The minimum atomic E-state index is -0.821. The lowest BCUT2D eigenvalue weighted by atomic mass is 9.67.